The van der Waals surface area contributed by atoms with Crippen LogP contribution in [0.3, 0.4) is 0 Å². The minimum absolute atomic E-state index is 0.384. The molecule has 0 saturated heterocycles. The van der Waals surface area contributed by atoms with Gasteiger partial charge >= 0.3 is 0 Å². The van der Waals surface area contributed by atoms with Crippen LogP contribution in [0.1, 0.15) is 12.5 Å². The normalized spacial score (nSPS) is 12.5. The first-order valence-electron chi connectivity index (χ1n) is 7.73. The molecule has 1 atom stereocenters. The molecule has 2 aromatic rings. The Hall–Kier alpha value is -1.99. The van der Waals surface area contributed by atoms with Crippen molar-refractivity contribution in [2.75, 3.05) is 22.1 Å². The van der Waals surface area contributed by atoms with E-state index in [9.17, 15) is 13.2 Å². The first kappa shape index (κ1) is 19.3. The molecule has 0 bridgehead atoms. The Bertz CT molecular complexity index is 866. The Kier molecular flexibility index (Phi) is 6.13. The van der Waals surface area contributed by atoms with Gasteiger partial charge in [-0.05, 0) is 56.0 Å². The fraction of sp³-hybridized carbons (Fsp3) is 0.278. The van der Waals surface area contributed by atoms with Gasteiger partial charge in [0, 0.05) is 10.6 Å². The summed E-state index contributed by atoms with van der Waals surface area (Å²) >= 11 is 1.57. The Balaban J connectivity index is 2.30. The van der Waals surface area contributed by atoms with Gasteiger partial charge in [-0.2, -0.15) is 0 Å². The predicted octanol–water partition coefficient (Wildman–Crippen LogP) is 3.51. The van der Waals surface area contributed by atoms with Gasteiger partial charge in [0.1, 0.15) is 6.04 Å². The highest BCUT2D eigenvalue weighted by molar-refractivity contribution is 7.98. The molecule has 0 aromatic heterocycles. The second kappa shape index (κ2) is 7.93. The van der Waals surface area contributed by atoms with E-state index in [1.165, 1.54) is 0 Å². The van der Waals surface area contributed by atoms with Crippen molar-refractivity contribution >= 4 is 39.1 Å². The molecule has 0 radical (unpaired) electrons. The number of nitrogens with one attached hydrogen (secondary N) is 1. The Morgan fingerprint density at radius 3 is 2.44 bits per heavy atom. The Morgan fingerprint density at radius 1 is 1.16 bits per heavy atom. The number of carbonyl (C=O) groups is 1. The summed E-state index contributed by atoms with van der Waals surface area (Å²) in [6.07, 6.45) is 3.06. The minimum atomic E-state index is -3.62. The van der Waals surface area contributed by atoms with Crippen molar-refractivity contribution in [1.82, 2.24) is 0 Å². The molecule has 0 heterocycles. The van der Waals surface area contributed by atoms with Gasteiger partial charge in [0.2, 0.25) is 15.9 Å². The maximum atomic E-state index is 12.6. The molecule has 0 fully saturated rings. The summed E-state index contributed by atoms with van der Waals surface area (Å²) in [6, 6.07) is 13.6. The van der Waals surface area contributed by atoms with Crippen LogP contribution >= 0.6 is 11.8 Å². The van der Waals surface area contributed by atoms with Gasteiger partial charge in [0.15, 0.2) is 0 Å². The van der Waals surface area contributed by atoms with Crippen LogP contribution in [0.2, 0.25) is 0 Å². The lowest BCUT2D eigenvalue weighted by molar-refractivity contribution is -0.116. The maximum Gasteiger partial charge on any atom is 0.247 e. The fourth-order valence-electron chi connectivity index (χ4n) is 2.52. The largest absolute Gasteiger partial charge is 0.324 e. The topological polar surface area (TPSA) is 66.5 Å². The van der Waals surface area contributed by atoms with Gasteiger partial charge in [-0.3, -0.25) is 9.10 Å². The molecule has 0 aliphatic carbocycles. The number of aryl methyl sites for hydroxylation is 1. The van der Waals surface area contributed by atoms with E-state index < -0.39 is 16.1 Å². The zero-order valence-corrected chi connectivity index (χ0v) is 16.3. The Morgan fingerprint density at radius 2 is 1.84 bits per heavy atom. The molecule has 0 aliphatic heterocycles. The molecule has 2 rings (SSSR count). The summed E-state index contributed by atoms with van der Waals surface area (Å²) in [6.45, 7) is 3.46. The first-order chi connectivity index (χ1) is 11.7. The molecule has 5 nitrogen and oxygen atoms in total. The van der Waals surface area contributed by atoms with E-state index in [1.807, 2.05) is 37.4 Å². The van der Waals surface area contributed by atoms with Crippen LogP contribution in [0.4, 0.5) is 11.4 Å². The number of anilines is 2. The van der Waals surface area contributed by atoms with Crippen LogP contribution in [0, 0.1) is 6.92 Å². The second-order valence-electron chi connectivity index (χ2n) is 5.79. The standard InChI is InChI=1S/C18H22N2O3S2/c1-13-7-5-9-16(11-13)20(25(4,22)23)14(2)18(21)19-15-8-6-10-17(12-15)24-3/h5-12,14H,1-4H3,(H,19,21). The number of benzene rings is 2. The molecule has 1 N–H and O–H groups in total. The summed E-state index contributed by atoms with van der Waals surface area (Å²) in [7, 11) is -3.62. The highest BCUT2D eigenvalue weighted by Gasteiger charge is 2.29. The van der Waals surface area contributed by atoms with Crippen LogP contribution in [-0.2, 0) is 14.8 Å². The molecule has 0 aliphatic rings. The number of carbonyl (C=O) groups excluding carboxylic acids is 1. The van der Waals surface area contributed by atoms with E-state index in [0.717, 1.165) is 21.0 Å². The molecule has 7 heteroatoms. The third-order valence-electron chi connectivity index (χ3n) is 3.68. The van der Waals surface area contributed by atoms with E-state index in [1.54, 1.807) is 43.0 Å². The average molecular weight is 379 g/mol. The van der Waals surface area contributed by atoms with Crippen LogP contribution in [0.5, 0.6) is 0 Å². The number of sulfonamides is 1. The fourth-order valence-corrected chi connectivity index (χ4v) is 4.15. The van der Waals surface area contributed by atoms with Crippen molar-refractivity contribution in [1.29, 1.82) is 0 Å². The first-order valence-corrected chi connectivity index (χ1v) is 10.8. The minimum Gasteiger partial charge on any atom is -0.324 e. The van der Waals surface area contributed by atoms with E-state index in [4.69, 9.17) is 0 Å². The summed E-state index contributed by atoms with van der Waals surface area (Å²) < 4.78 is 25.7. The third kappa shape index (κ3) is 4.99. The summed E-state index contributed by atoms with van der Waals surface area (Å²) in [5.74, 6) is -0.384. The van der Waals surface area contributed by atoms with Crippen LogP contribution in [0.25, 0.3) is 0 Å². The van der Waals surface area contributed by atoms with E-state index in [0.29, 0.717) is 11.4 Å². The molecule has 2 aromatic carbocycles. The van der Waals surface area contributed by atoms with Crippen LogP contribution in [-0.4, -0.2) is 32.9 Å². The number of amides is 1. The predicted molar refractivity (Wildman–Crippen MR) is 105 cm³/mol. The number of hydrogen-bond donors (Lipinski definition) is 1. The quantitative estimate of drug-likeness (QED) is 0.781. The van der Waals surface area contributed by atoms with Crippen molar-refractivity contribution in [2.24, 2.45) is 0 Å². The average Bonchev–Trinajstić information content (AvgIpc) is 2.53. The lowest BCUT2D eigenvalue weighted by Gasteiger charge is -2.28. The van der Waals surface area contributed by atoms with Gasteiger partial charge in [-0.15, -0.1) is 11.8 Å². The van der Waals surface area contributed by atoms with Gasteiger partial charge in [0.05, 0.1) is 11.9 Å². The molecule has 1 unspecified atom stereocenters. The van der Waals surface area contributed by atoms with Gasteiger partial charge in [-0.1, -0.05) is 18.2 Å². The van der Waals surface area contributed by atoms with Gasteiger partial charge in [-0.25, -0.2) is 8.42 Å². The number of rotatable bonds is 6. The second-order valence-corrected chi connectivity index (χ2v) is 8.53. The summed E-state index contributed by atoms with van der Waals surface area (Å²) in [4.78, 5) is 13.7. The molecule has 0 spiro atoms. The Labute approximate surface area is 153 Å². The van der Waals surface area contributed by atoms with Crippen LogP contribution in [0.15, 0.2) is 53.4 Å². The number of hydrogen-bond acceptors (Lipinski definition) is 4. The van der Waals surface area contributed by atoms with Crippen molar-refractivity contribution in [3.8, 4) is 0 Å². The van der Waals surface area contributed by atoms with Crippen molar-refractivity contribution in [3.05, 3.63) is 54.1 Å². The SMILES string of the molecule is CSc1cccc(NC(=O)C(C)N(c2cccc(C)c2)S(C)(=O)=O)c1. The summed E-state index contributed by atoms with van der Waals surface area (Å²) in [5.41, 5.74) is 2.04. The molecular weight excluding hydrogens is 356 g/mol. The highest BCUT2D eigenvalue weighted by atomic mass is 32.2. The molecule has 0 saturated carbocycles. The monoisotopic (exact) mass is 378 g/mol. The maximum absolute atomic E-state index is 12.6. The molecule has 25 heavy (non-hydrogen) atoms. The van der Waals surface area contributed by atoms with Gasteiger partial charge < -0.3 is 5.32 Å². The zero-order chi connectivity index (χ0) is 18.6. The third-order valence-corrected chi connectivity index (χ3v) is 5.65. The molecule has 1 amide bonds. The van der Waals surface area contributed by atoms with Crippen LogP contribution < -0.4 is 9.62 Å². The lowest BCUT2D eigenvalue weighted by Crippen LogP contribution is -2.45. The van der Waals surface area contributed by atoms with Gasteiger partial charge in [0.25, 0.3) is 0 Å². The van der Waals surface area contributed by atoms with Crippen molar-refractivity contribution in [3.63, 3.8) is 0 Å². The molecular formula is C18H22N2O3S2. The summed E-state index contributed by atoms with van der Waals surface area (Å²) in [5, 5.41) is 2.79. The molecule has 134 valence electrons. The van der Waals surface area contributed by atoms with Crippen molar-refractivity contribution < 1.29 is 13.2 Å². The zero-order valence-electron chi connectivity index (χ0n) is 14.7. The smallest absolute Gasteiger partial charge is 0.247 e. The number of nitrogens with zero attached hydrogens (tertiary/aromatic N) is 1. The highest BCUT2D eigenvalue weighted by Crippen LogP contribution is 2.23. The van der Waals surface area contributed by atoms with E-state index >= 15 is 0 Å². The van der Waals surface area contributed by atoms with E-state index in [2.05, 4.69) is 5.32 Å². The lowest BCUT2D eigenvalue weighted by atomic mass is 10.2. The van der Waals surface area contributed by atoms with E-state index in [-0.39, 0.29) is 5.91 Å². The number of thioether (sulfide) groups is 1. The van der Waals surface area contributed by atoms with Crippen molar-refractivity contribution in [2.45, 2.75) is 24.8 Å².